The maximum Gasteiger partial charge on any atom is 0.224 e. The van der Waals surface area contributed by atoms with Crippen LogP contribution >= 0.6 is 0 Å². The van der Waals surface area contributed by atoms with Gasteiger partial charge in [0.1, 0.15) is 5.75 Å². The number of nitrogens with zero attached hydrogens (tertiary/aromatic N) is 2. The average molecular weight is 375 g/mol. The number of amides is 1. The summed E-state index contributed by atoms with van der Waals surface area (Å²) in [5.74, 6) is 1.65. The average Bonchev–Trinajstić information content (AvgIpc) is 3.54. The summed E-state index contributed by atoms with van der Waals surface area (Å²) in [7, 11) is 1.65. The molecule has 1 N–H and O–H groups in total. The molecule has 2 aromatic rings. The molecule has 1 heterocycles. The van der Waals surface area contributed by atoms with Crippen LogP contribution in [-0.2, 0) is 4.79 Å². The van der Waals surface area contributed by atoms with Crippen LogP contribution < -0.4 is 15.0 Å². The first-order valence-corrected chi connectivity index (χ1v) is 9.78. The minimum absolute atomic E-state index is 0.0258. The van der Waals surface area contributed by atoms with Gasteiger partial charge in [-0.1, -0.05) is 6.92 Å². The predicted molar refractivity (Wildman–Crippen MR) is 109 cm³/mol. The van der Waals surface area contributed by atoms with Gasteiger partial charge in [0.25, 0.3) is 0 Å². The van der Waals surface area contributed by atoms with Crippen molar-refractivity contribution in [3.05, 3.63) is 53.6 Å². The van der Waals surface area contributed by atoms with E-state index in [-0.39, 0.29) is 23.9 Å². The van der Waals surface area contributed by atoms with Crippen LogP contribution in [0, 0.1) is 23.2 Å². The van der Waals surface area contributed by atoms with E-state index < -0.39 is 0 Å². The molecule has 0 bridgehead atoms. The Morgan fingerprint density at radius 2 is 1.93 bits per heavy atom. The molecular formula is C23H25N3O2. The number of carbonyl (C=O) groups excluding carboxylic acids is 1. The van der Waals surface area contributed by atoms with Crippen LogP contribution in [0.4, 0.5) is 11.4 Å². The zero-order valence-electron chi connectivity index (χ0n) is 16.5. The molecule has 1 fully saturated rings. The van der Waals surface area contributed by atoms with Gasteiger partial charge < -0.3 is 15.0 Å². The Bertz CT molecular complexity index is 928. The fraction of sp³-hybridized carbons (Fsp3) is 0.391. The zero-order chi connectivity index (χ0) is 19.8. The van der Waals surface area contributed by atoms with E-state index in [1.165, 1.54) is 12.8 Å². The van der Waals surface area contributed by atoms with Gasteiger partial charge in [-0.3, -0.25) is 4.79 Å². The number of carbonyl (C=O) groups is 1. The summed E-state index contributed by atoms with van der Waals surface area (Å²) in [5.41, 5.74) is 3.54. The molecule has 0 spiro atoms. The molecule has 0 aromatic heterocycles. The van der Waals surface area contributed by atoms with Crippen molar-refractivity contribution in [2.24, 2.45) is 11.8 Å². The van der Waals surface area contributed by atoms with Crippen LogP contribution in [0.2, 0.25) is 0 Å². The lowest BCUT2D eigenvalue weighted by Gasteiger charge is -2.46. The Hall–Kier alpha value is -3.00. The molecule has 0 unspecified atom stereocenters. The highest BCUT2D eigenvalue weighted by Crippen LogP contribution is 2.50. The molecule has 2 aromatic carbocycles. The molecule has 5 nitrogen and oxygen atoms in total. The van der Waals surface area contributed by atoms with E-state index in [1.807, 2.05) is 41.3 Å². The Labute approximate surface area is 165 Å². The molecule has 4 rings (SSSR count). The number of nitrogens with one attached hydrogen (secondary N) is 1. The van der Waals surface area contributed by atoms with Crippen molar-refractivity contribution >= 4 is 17.3 Å². The quantitative estimate of drug-likeness (QED) is 0.854. The molecule has 3 atom stereocenters. The minimum Gasteiger partial charge on any atom is -0.497 e. The molecule has 1 aliphatic heterocycles. The van der Waals surface area contributed by atoms with Crippen LogP contribution in [0.25, 0.3) is 0 Å². The Morgan fingerprint density at radius 1 is 1.21 bits per heavy atom. The van der Waals surface area contributed by atoms with Gasteiger partial charge in [0.05, 0.1) is 24.8 Å². The van der Waals surface area contributed by atoms with Gasteiger partial charge in [0.2, 0.25) is 5.91 Å². The molecule has 1 aliphatic carbocycles. The highest BCUT2D eigenvalue weighted by atomic mass is 16.5. The number of hydrogen-bond acceptors (Lipinski definition) is 4. The zero-order valence-corrected chi connectivity index (χ0v) is 16.5. The van der Waals surface area contributed by atoms with Crippen molar-refractivity contribution in [1.29, 1.82) is 5.26 Å². The van der Waals surface area contributed by atoms with E-state index in [2.05, 4.69) is 18.3 Å². The third kappa shape index (κ3) is 3.20. The van der Waals surface area contributed by atoms with Gasteiger partial charge in [-0.25, -0.2) is 0 Å². The van der Waals surface area contributed by atoms with E-state index in [4.69, 9.17) is 4.74 Å². The van der Waals surface area contributed by atoms with E-state index in [0.29, 0.717) is 11.5 Å². The topological polar surface area (TPSA) is 65.4 Å². The first kappa shape index (κ1) is 18.4. The number of hydrogen-bond donors (Lipinski definition) is 1. The summed E-state index contributed by atoms with van der Waals surface area (Å²) in [5, 5.41) is 13.1. The van der Waals surface area contributed by atoms with Crippen LogP contribution in [0.3, 0.4) is 0 Å². The van der Waals surface area contributed by atoms with Gasteiger partial charge >= 0.3 is 0 Å². The molecule has 2 aliphatic rings. The maximum atomic E-state index is 12.6. The number of anilines is 2. The summed E-state index contributed by atoms with van der Waals surface area (Å²) >= 11 is 0. The van der Waals surface area contributed by atoms with Crippen molar-refractivity contribution in [3.63, 3.8) is 0 Å². The summed E-state index contributed by atoms with van der Waals surface area (Å²) < 4.78 is 5.26. The Morgan fingerprint density at radius 3 is 2.50 bits per heavy atom. The second-order valence-corrected chi connectivity index (χ2v) is 7.81. The largest absolute Gasteiger partial charge is 0.497 e. The van der Waals surface area contributed by atoms with Crippen LogP contribution in [-0.4, -0.2) is 19.1 Å². The SMILES string of the molecule is COc1ccc(N[C@H]2c3cc(C#N)ccc3N(C(C)=O)[C@@H](C3CC3)[C@@H]2C)cc1. The Balaban J connectivity index is 1.78. The third-order valence-corrected chi connectivity index (χ3v) is 5.97. The molecule has 28 heavy (non-hydrogen) atoms. The molecule has 1 saturated carbocycles. The normalized spacial score (nSPS) is 23.5. The summed E-state index contributed by atoms with van der Waals surface area (Å²) in [6.07, 6.45) is 2.33. The number of ether oxygens (including phenoxy) is 1. The van der Waals surface area contributed by atoms with E-state index >= 15 is 0 Å². The van der Waals surface area contributed by atoms with Gasteiger partial charge in [0, 0.05) is 30.3 Å². The minimum atomic E-state index is 0.0258. The fourth-order valence-corrected chi connectivity index (χ4v) is 4.50. The van der Waals surface area contributed by atoms with Crippen LogP contribution in [0.1, 0.15) is 43.9 Å². The standard InChI is InChI=1S/C23H25N3O2/c1-14-22(25-18-7-9-19(28-3)10-8-18)20-12-16(13-24)4-11-21(20)26(15(2)27)23(14)17-5-6-17/h4,7-12,14,17,22-23,25H,5-6H2,1-3H3/t14-,22-,23-/m1/s1. The number of benzene rings is 2. The predicted octanol–water partition coefficient (Wildman–Crippen LogP) is 4.50. The number of nitriles is 1. The first-order chi connectivity index (χ1) is 13.5. The molecular weight excluding hydrogens is 350 g/mol. The van der Waals surface area contributed by atoms with Gasteiger partial charge in [0.15, 0.2) is 0 Å². The smallest absolute Gasteiger partial charge is 0.224 e. The Kier molecular flexibility index (Phi) is 4.72. The third-order valence-electron chi connectivity index (χ3n) is 5.97. The van der Waals surface area contributed by atoms with Crippen LogP contribution in [0.15, 0.2) is 42.5 Å². The van der Waals surface area contributed by atoms with Crippen LogP contribution in [0.5, 0.6) is 5.75 Å². The van der Waals surface area contributed by atoms with E-state index in [1.54, 1.807) is 20.1 Å². The molecule has 1 amide bonds. The number of fused-ring (bicyclic) bond motifs is 1. The molecule has 144 valence electrons. The van der Waals surface area contributed by atoms with E-state index in [0.717, 1.165) is 22.7 Å². The monoisotopic (exact) mass is 375 g/mol. The van der Waals surface area contributed by atoms with Crippen molar-refractivity contribution in [3.8, 4) is 11.8 Å². The maximum absolute atomic E-state index is 12.6. The lowest BCUT2D eigenvalue weighted by Crippen LogP contribution is -2.51. The lowest BCUT2D eigenvalue weighted by molar-refractivity contribution is -0.117. The van der Waals surface area contributed by atoms with Crippen molar-refractivity contribution in [2.75, 3.05) is 17.3 Å². The van der Waals surface area contributed by atoms with Crippen molar-refractivity contribution < 1.29 is 9.53 Å². The first-order valence-electron chi connectivity index (χ1n) is 9.78. The molecule has 0 saturated heterocycles. The summed E-state index contributed by atoms with van der Waals surface area (Å²) in [4.78, 5) is 14.5. The lowest BCUT2D eigenvalue weighted by atomic mass is 9.79. The molecule has 5 heteroatoms. The van der Waals surface area contributed by atoms with Crippen molar-refractivity contribution in [1.82, 2.24) is 0 Å². The summed E-state index contributed by atoms with van der Waals surface area (Å²) in [6.45, 7) is 3.85. The summed E-state index contributed by atoms with van der Waals surface area (Å²) in [6, 6.07) is 16.0. The van der Waals surface area contributed by atoms with E-state index in [9.17, 15) is 10.1 Å². The second kappa shape index (κ2) is 7.20. The van der Waals surface area contributed by atoms with Gasteiger partial charge in [-0.05, 0) is 66.8 Å². The van der Waals surface area contributed by atoms with Crippen molar-refractivity contribution in [2.45, 2.75) is 38.8 Å². The van der Waals surface area contributed by atoms with Gasteiger partial charge in [-0.15, -0.1) is 0 Å². The highest BCUT2D eigenvalue weighted by Gasteiger charge is 2.47. The van der Waals surface area contributed by atoms with Gasteiger partial charge in [-0.2, -0.15) is 5.26 Å². The number of methoxy groups -OCH3 is 1. The highest BCUT2D eigenvalue weighted by molar-refractivity contribution is 5.94. The fourth-order valence-electron chi connectivity index (χ4n) is 4.50. The number of rotatable bonds is 4. The second-order valence-electron chi connectivity index (χ2n) is 7.81. The molecule has 0 radical (unpaired) electrons.